The van der Waals surface area contributed by atoms with Crippen LogP contribution < -0.4 is 20.9 Å². The highest BCUT2D eigenvalue weighted by molar-refractivity contribution is 7.80. The summed E-state index contributed by atoms with van der Waals surface area (Å²) in [5.74, 6) is -0.142. The fourth-order valence-corrected chi connectivity index (χ4v) is 2.25. The molecule has 1 amide bonds. The van der Waals surface area contributed by atoms with Gasteiger partial charge in [-0.1, -0.05) is 6.07 Å². The van der Waals surface area contributed by atoms with Crippen molar-refractivity contribution in [3.05, 3.63) is 41.7 Å². The normalized spacial score (nSPS) is 11.1. The van der Waals surface area contributed by atoms with Gasteiger partial charge in [0.05, 0.1) is 12.8 Å². The quantitative estimate of drug-likeness (QED) is 0.617. The number of methoxy groups -OCH3 is 1. The Balaban J connectivity index is 2.16. The fourth-order valence-electron chi connectivity index (χ4n) is 2.10. The number of aromatic nitrogens is 2. The molecule has 140 valence electrons. The number of hydrogen-bond acceptors (Lipinski definition) is 4. The Kier molecular flexibility index (Phi) is 5.70. The SMILES string of the molecule is COc1cccc(N(NC(=O)Cn2nc(C(F)(F)F)cc2C)C(N)=S)c1. The second-order valence-electron chi connectivity index (χ2n) is 5.24. The molecular formula is C15H16F3N5O2S. The van der Waals surface area contributed by atoms with E-state index < -0.39 is 24.3 Å². The van der Waals surface area contributed by atoms with E-state index in [-0.39, 0.29) is 10.8 Å². The molecule has 1 heterocycles. The smallest absolute Gasteiger partial charge is 0.435 e. The second-order valence-corrected chi connectivity index (χ2v) is 5.65. The lowest BCUT2D eigenvalue weighted by molar-refractivity contribution is -0.141. The first-order valence-electron chi connectivity index (χ1n) is 7.26. The van der Waals surface area contributed by atoms with Gasteiger partial charge >= 0.3 is 6.18 Å². The van der Waals surface area contributed by atoms with Crippen molar-refractivity contribution in [3.63, 3.8) is 0 Å². The summed E-state index contributed by atoms with van der Waals surface area (Å²) < 4.78 is 44.1. The van der Waals surface area contributed by atoms with Gasteiger partial charge in [-0.25, -0.2) is 5.01 Å². The summed E-state index contributed by atoms with van der Waals surface area (Å²) in [7, 11) is 1.47. The molecular weight excluding hydrogens is 371 g/mol. The molecule has 26 heavy (non-hydrogen) atoms. The fraction of sp³-hybridized carbons (Fsp3) is 0.267. The Labute approximate surface area is 152 Å². The summed E-state index contributed by atoms with van der Waals surface area (Å²) in [5.41, 5.74) is 7.61. The van der Waals surface area contributed by atoms with E-state index in [9.17, 15) is 18.0 Å². The van der Waals surface area contributed by atoms with E-state index in [0.29, 0.717) is 11.4 Å². The van der Waals surface area contributed by atoms with Crippen LogP contribution in [0.4, 0.5) is 18.9 Å². The first-order chi connectivity index (χ1) is 12.1. The standard InChI is InChI=1S/C15H16F3N5O2S/c1-9-6-12(15(16,17)18)20-22(9)8-13(24)21-23(14(19)26)10-4-3-5-11(7-10)25-2/h3-7H,8H2,1-2H3,(H2,19,26)(H,21,24). The summed E-state index contributed by atoms with van der Waals surface area (Å²) in [6.07, 6.45) is -4.59. The average molecular weight is 387 g/mol. The monoisotopic (exact) mass is 387 g/mol. The Bertz CT molecular complexity index is 822. The van der Waals surface area contributed by atoms with Gasteiger partial charge in [-0.05, 0) is 37.3 Å². The molecule has 0 atom stereocenters. The number of aryl methyl sites for hydroxylation is 1. The number of anilines is 1. The van der Waals surface area contributed by atoms with E-state index in [2.05, 4.69) is 10.5 Å². The number of rotatable bonds is 4. The average Bonchev–Trinajstić information content (AvgIpc) is 2.93. The predicted octanol–water partition coefficient (Wildman–Crippen LogP) is 2.00. The number of halogens is 3. The Morgan fingerprint density at radius 3 is 2.65 bits per heavy atom. The van der Waals surface area contributed by atoms with Crippen molar-refractivity contribution >= 4 is 28.9 Å². The molecule has 3 N–H and O–H groups in total. The molecule has 1 aromatic carbocycles. The number of carbonyl (C=O) groups excluding carboxylic acids is 1. The number of ether oxygens (including phenoxy) is 1. The summed E-state index contributed by atoms with van der Waals surface area (Å²) in [6.45, 7) is 0.980. The lowest BCUT2D eigenvalue weighted by Gasteiger charge is -2.23. The highest BCUT2D eigenvalue weighted by Gasteiger charge is 2.34. The summed E-state index contributed by atoms with van der Waals surface area (Å²) >= 11 is 4.92. The van der Waals surface area contributed by atoms with Gasteiger partial charge in [0.15, 0.2) is 10.8 Å². The van der Waals surface area contributed by atoms with Gasteiger partial charge < -0.3 is 10.5 Å². The molecule has 0 aliphatic heterocycles. The number of thiocarbonyl (C=S) groups is 1. The number of nitrogens with two attached hydrogens (primary N) is 1. The zero-order valence-electron chi connectivity index (χ0n) is 13.9. The molecule has 11 heteroatoms. The summed E-state index contributed by atoms with van der Waals surface area (Å²) in [5, 5.41) is 4.38. The first-order valence-corrected chi connectivity index (χ1v) is 7.67. The van der Waals surface area contributed by atoms with Gasteiger partial charge in [-0.3, -0.25) is 14.9 Å². The van der Waals surface area contributed by atoms with Gasteiger partial charge in [-0.15, -0.1) is 0 Å². The minimum Gasteiger partial charge on any atom is -0.497 e. The number of alkyl halides is 3. The number of nitrogens with zero attached hydrogens (tertiary/aromatic N) is 3. The van der Waals surface area contributed by atoms with Crippen LogP contribution in [0.15, 0.2) is 30.3 Å². The van der Waals surface area contributed by atoms with E-state index in [1.165, 1.54) is 14.0 Å². The topological polar surface area (TPSA) is 85.4 Å². The van der Waals surface area contributed by atoms with Crippen LogP contribution in [0.25, 0.3) is 0 Å². The van der Waals surface area contributed by atoms with Crippen LogP contribution in [-0.2, 0) is 17.5 Å². The van der Waals surface area contributed by atoms with Crippen LogP contribution in [0.1, 0.15) is 11.4 Å². The first kappa shape index (κ1) is 19.5. The van der Waals surface area contributed by atoms with Crippen molar-refractivity contribution in [3.8, 4) is 5.75 Å². The van der Waals surface area contributed by atoms with Crippen molar-refractivity contribution < 1.29 is 22.7 Å². The molecule has 0 aliphatic rings. The Hall–Kier alpha value is -2.82. The molecule has 0 spiro atoms. The molecule has 2 aromatic rings. The molecule has 0 saturated carbocycles. The number of hydrazine groups is 1. The highest BCUT2D eigenvalue weighted by Crippen LogP contribution is 2.28. The molecule has 0 radical (unpaired) electrons. The molecule has 0 fully saturated rings. The number of benzene rings is 1. The van der Waals surface area contributed by atoms with Crippen LogP contribution in [-0.4, -0.2) is 27.9 Å². The van der Waals surface area contributed by atoms with Gasteiger partial charge in [0, 0.05) is 11.8 Å². The number of carbonyl (C=O) groups is 1. The minimum absolute atomic E-state index is 0.153. The largest absolute Gasteiger partial charge is 0.497 e. The maximum Gasteiger partial charge on any atom is 0.435 e. The van der Waals surface area contributed by atoms with E-state index in [0.717, 1.165) is 15.8 Å². The van der Waals surface area contributed by atoms with Crippen LogP contribution >= 0.6 is 12.2 Å². The van der Waals surface area contributed by atoms with Gasteiger partial charge in [0.1, 0.15) is 12.3 Å². The van der Waals surface area contributed by atoms with Crippen molar-refractivity contribution in [2.24, 2.45) is 5.73 Å². The number of nitrogens with one attached hydrogen (secondary N) is 1. The molecule has 0 bridgehead atoms. The third-order valence-corrected chi connectivity index (χ3v) is 3.52. The van der Waals surface area contributed by atoms with Gasteiger partial charge in [0.2, 0.25) is 0 Å². The van der Waals surface area contributed by atoms with E-state index in [1.807, 2.05) is 0 Å². The zero-order chi connectivity index (χ0) is 19.5. The second kappa shape index (κ2) is 7.60. The van der Waals surface area contributed by atoms with Gasteiger partial charge in [-0.2, -0.15) is 18.3 Å². The maximum atomic E-state index is 12.7. The van der Waals surface area contributed by atoms with Crippen LogP contribution in [0.5, 0.6) is 5.75 Å². The maximum absolute atomic E-state index is 12.7. The van der Waals surface area contributed by atoms with Crippen LogP contribution in [0.2, 0.25) is 0 Å². The molecule has 0 saturated heterocycles. The van der Waals surface area contributed by atoms with E-state index in [1.54, 1.807) is 24.3 Å². The lowest BCUT2D eigenvalue weighted by atomic mass is 10.3. The van der Waals surface area contributed by atoms with Crippen molar-refractivity contribution in [2.75, 3.05) is 12.1 Å². The number of hydrogen-bond donors (Lipinski definition) is 2. The number of amides is 1. The summed E-state index contributed by atoms with van der Waals surface area (Å²) in [6, 6.07) is 7.43. The zero-order valence-corrected chi connectivity index (χ0v) is 14.7. The van der Waals surface area contributed by atoms with E-state index in [4.69, 9.17) is 22.7 Å². The molecule has 0 unspecified atom stereocenters. The third kappa shape index (κ3) is 4.63. The van der Waals surface area contributed by atoms with Crippen molar-refractivity contribution in [1.82, 2.24) is 15.2 Å². The third-order valence-electron chi connectivity index (χ3n) is 3.33. The molecule has 0 aliphatic carbocycles. The van der Waals surface area contributed by atoms with Crippen LogP contribution in [0.3, 0.4) is 0 Å². The Morgan fingerprint density at radius 2 is 2.12 bits per heavy atom. The molecule has 7 nitrogen and oxygen atoms in total. The lowest BCUT2D eigenvalue weighted by Crippen LogP contribution is -2.50. The van der Waals surface area contributed by atoms with Gasteiger partial charge in [0.25, 0.3) is 5.91 Å². The highest BCUT2D eigenvalue weighted by atomic mass is 32.1. The Morgan fingerprint density at radius 1 is 1.42 bits per heavy atom. The minimum atomic E-state index is -4.59. The molecule has 2 rings (SSSR count). The summed E-state index contributed by atoms with van der Waals surface area (Å²) in [4.78, 5) is 12.2. The van der Waals surface area contributed by atoms with Crippen LogP contribution in [0, 0.1) is 6.92 Å². The van der Waals surface area contributed by atoms with E-state index >= 15 is 0 Å². The van der Waals surface area contributed by atoms with Crippen molar-refractivity contribution in [1.29, 1.82) is 0 Å². The molecule has 1 aromatic heterocycles. The predicted molar refractivity (Wildman–Crippen MR) is 92.4 cm³/mol. The van der Waals surface area contributed by atoms with Crippen molar-refractivity contribution in [2.45, 2.75) is 19.6 Å².